The molecule has 0 spiro atoms. The third-order valence-electron chi connectivity index (χ3n) is 3.81. The molecule has 0 bridgehead atoms. The van der Waals surface area contributed by atoms with Gasteiger partial charge in [0.05, 0.1) is 0 Å². The van der Waals surface area contributed by atoms with Crippen LogP contribution in [0.15, 0.2) is 0 Å². The maximum absolute atomic E-state index is 12.4. The minimum absolute atomic E-state index is 0.0246. The Kier molecular flexibility index (Phi) is 3.27. The Hall–Kier alpha value is -1.26. The molecule has 5 heteroatoms. The van der Waals surface area contributed by atoms with Gasteiger partial charge >= 0.3 is 12.1 Å². The smallest absolute Gasteiger partial charge is 0.411 e. The van der Waals surface area contributed by atoms with E-state index in [1.165, 1.54) is 4.90 Å². The van der Waals surface area contributed by atoms with E-state index in [2.05, 4.69) is 0 Å². The predicted molar refractivity (Wildman–Crippen MR) is 69.9 cm³/mol. The fourth-order valence-electron chi connectivity index (χ4n) is 2.48. The van der Waals surface area contributed by atoms with Gasteiger partial charge in [0.25, 0.3) is 0 Å². The number of carboxylic acid groups (broad SMARTS) is 1. The Labute approximate surface area is 113 Å². The summed E-state index contributed by atoms with van der Waals surface area (Å²) >= 11 is 0. The molecule has 0 saturated heterocycles. The number of rotatable bonds is 4. The van der Waals surface area contributed by atoms with Crippen molar-refractivity contribution in [1.82, 2.24) is 4.90 Å². The zero-order chi connectivity index (χ0) is 14.4. The molecule has 0 heterocycles. The molecule has 0 aromatic heterocycles. The Morgan fingerprint density at radius 1 is 1.11 bits per heavy atom. The average molecular weight is 269 g/mol. The quantitative estimate of drug-likeness (QED) is 0.852. The van der Waals surface area contributed by atoms with E-state index in [1.807, 2.05) is 0 Å². The van der Waals surface area contributed by atoms with Gasteiger partial charge in [0.15, 0.2) is 0 Å². The van der Waals surface area contributed by atoms with Crippen LogP contribution in [-0.4, -0.2) is 39.3 Å². The second-order valence-corrected chi connectivity index (χ2v) is 6.81. The van der Waals surface area contributed by atoms with Gasteiger partial charge in [-0.2, -0.15) is 0 Å². The summed E-state index contributed by atoms with van der Waals surface area (Å²) in [5.41, 5.74) is -1.73. The van der Waals surface area contributed by atoms with Gasteiger partial charge in [-0.1, -0.05) is 0 Å². The summed E-state index contributed by atoms with van der Waals surface area (Å²) in [6, 6.07) is 0.0246. The van der Waals surface area contributed by atoms with Crippen molar-refractivity contribution < 1.29 is 19.4 Å². The van der Waals surface area contributed by atoms with Crippen LogP contribution in [-0.2, 0) is 9.53 Å². The number of amides is 1. The van der Waals surface area contributed by atoms with Crippen molar-refractivity contribution in [1.29, 1.82) is 0 Å². The Balaban J connectivity index is 2.23. The summed E-state index contributed by atoms with van der Waals surface area (Å²) in [4.78, 5) is 25.5. The highest BCUT2D eigenvalue weighted by Gasteiger charge is 2.57. The molecular formula is C14H23NO4. The average Bonchev–Trinajstić information content (AvgIpc) is 3.09. The van der Waals surface area contributed by atoms with E-state index in [9.17, 15) is 14.7 Å². The number of nitrogens with zero attached hydrogens (tertiary/aromatic N) is 1. The van der Waals surface area contributed by atoms with Crippen LogP contribution in [0.25, 0.3) is 0 Å². The number of carboxylic acids is 1. The van der Waals surface area contributed by atoms with Crippen LogP contribution in [0.1, 0.15) is 53.4 Å². The first kappa shape index (κ1) is 14.2. The molecule has 0 aromatic carbocycles. The van der Waals surface area contributed by atoms with Crippen molar-refractivity contribution in [3.8, 4) is 0 Å². The van der Waals surface area contributed by atoms with Gasteiger partial charge in [0, 0.05) is 6.04 Å². The van der Waals surface area contributed by atoms with Crippen LogP contribution < -0.4 is 0 Å². The molecule has 1 amide bonds. The van der Waals surface area contributed by atoms with Crippen LogP contribution in [0.2, 0.25) is 0 Å². The van der Waals surface area contributed by atoms with Crippen molar-refractivity contribution in [2.45, 2.75) is 70.6 Å². The third-order valence-corrected chi connectivity index (χ3v) is 3.81. The minimum Gasteiger partial charge on any atom is -0.479 e. The second-order valence-electron chi connectivity index (χ2n) is 6.81. The normalized spacial score (nSPS) is 22.5. The second kappa shape index (κ2) is 4.39. The van der Waals surface area contributed by atoms with E-state index >= 15 is 0 Å². The molecule has 0 aromatic rings. The molecule has 2 aliphatic rings. The van der Waals surface area contributed by atoms with Gasteiger partial charge in [0.2, 0.25) is 0 Å². The zero-order valence-electron chi connectivity index (χ0n) is 12.1. The first-order valence-electron chi connectivity index (χ1n) is 6.92. The summed E-state index contributed by atoms with van der Waals surface area (Å²) in [7, 11) is 0. The van der Waals surface area contributed by atoms with Gasteiger partial charge in [-0.15, -0.1) is 0 Å². The van der Waals surface area contributed by atoms with Crippen molar-refractivity contribution in [3.05, 3.63) is 0 Å². The Morgan fingerprint density at radius 3 is 1.95 bits per heavy atom. The Bertz CT molecular complexity index is 393. The fourth-order valence-corrected chi connectivity index (χ4v) is 2.48. The number of carbonyl (C=O) groups excluding carboxylic acids is 1. The van der Waals surface area contributed by atoms with Crippen molar-refractivity contribution in [3.63, 3.8) is 0 Å². The van der Waals surface area contributed by atoms with Crippen molar-refractivity contribution in [2.24, 2.45) is 5.92 Å². The number of carbonyl (C=O) groups is 2. The molecule has 2 aliphatic carbocycles. The lowest BCUT2D eigenvalue weighted by Crippen LogP contribution is -2.58. The van der Waals surface area contributed by atoms with E-state index in [-0.39, 0.29) is 12.0 Å². The number of aliphatic carboxylic acids is 1. The predicted octanol–water partition coefficient (Wildman–Crippen LogP) is 2.64. The molecule has 2 fully saturated rings. The standard InChI is InChI=1S/C14H23NO4/c1-13(2,3)19-12(18)15(10-7-8-10)14(4,11(16)17)9-5-6-9/h9-10H,5-8H2,1-4H3,(H,16,17). The summed E-state index contributed by atoms with van der Waals surface area (Å²) in [5, 5.41) is 9.59. The molecule has 2 saturated carbocycles. The summed E-state index contributed by atoms with van der Waals surface area (Å²) in [6.07, 6.45) is 2.99. The van der Waals surface area contributed by atoms with E-state index < -0.39 is 23.2 Å². The summed E-state index contributed by atoms with van der Waals surface area (Å²) in [5.74, 6) is -0.870. The van der Waals surface area contributed by atoms with E-state index in [0.717, 1.165) is 25.7 Å². The topological polar surface area (TPSA) is 66.8 Å². The van der Waals surface area contributed by atoms with E-state index in [0.29, 0.717) is 0 Å². The van der Waals surface area contributed by atoms with Crippen molar-refractivity contribution >= 4 is 12.1 Å². The Morgan fingerprint density at radius 2 is 1.63 bits per heavy atom. The van der Waals surface area contributed by atoms with E-state index in [1.54, 1.807) is 27.7 Å². The number of hydrogen-bond donors (Lipinski definition) is 1. The minimum atomic E-state index is -1.12. The molecule has 108 valence electrons. The number of hydrogen-bond acceptors (Lipinski definition) is 3. The van der Waals surface area contributed by atoms with Gasteiger partial charge in [-0.3, -0.25) is 4.90 Å². The monoisotopic (exact) mass is 269 g/mol. The summed E-state index contributed by atoms with van der Waals surface area (Å²) < 4.78 is 5.40. The lowest BCUT2D eigenvalue weighted by atomic mass is 9.93. The largest absolute Gasteiger partial charge is 0.479 e. The van der Waals surface area contributed by atoms with Gasteiger partial charge in [-0.25, -0.2) is 9.59 Å². The lowest BCUT2D eigenvalue weighted by molar-refractivity contribution is -0.152. The SMILES string of the molecule is CC(C)(C)OC(=O)N(C1CC1)C(C)(C(=O)O)C1CC1. The van der Waals surface area contributed by atoms with Gasteiger partial charge in [-0.05, 0) is 59.3 Å². The molecule has 5 nitrogen and oxygen atoms in total. The van der Waals surface area contributed by atoms with Crippen LogP contribution in [0.3, 0.4) is 0 Å². The molecule has 0 aliphatic heterocycles. The first-order valence-corrected chi connectivity index (χ1v) is 6.92. The van der Waals surface area contributed by atoms with Crippen LogP contribution in [0.5, 0.6) is 0 Å². The maximum atomic E-state index is 12.4. The molecule has 19 heavy (non-hydrogen) atoms. The van der Waals surface area contributed by atoms with Crippen LogP contribution in [0, 0.1) is 5.92 Å². The van der Waals surface area contributed by atoms with Crippen LogP contribution in [0.4, 0.5) is 4.79 Å². The summed E-state index contributed by atoms with van der Waals surface area (Å²) in [6.45, 7) is 7.05. The molecule has 1 atom stereocenters. The van der Waals surface area contributed by atoms with E-state index in [4.69, 9.17) is 4.74 Å². The molecule has 2 rings (SSSR count). The number of ether oxygens (including phenoxy) is 1. The maximum Gasteiger partial charge on any atom is 0.411 e. The molecule has 0 radical (unpaired) electrons. The third kappa shape index (κ3) is 2.85. The lowest BCUT2D eigenvalue weighted by Gasteiger charge is -2.39. The van der Waals surface area contributed by atoms with Crippen LogP contribution >= 0.6 is 0 Å². The van der Waals surface area contributed by atoms with Crippen molar-refractivity contribution in [2.75, 3.05) is 0 Å². The highest BCUT2D eigenvalue weighted by atomic mass is 16.6. The highest BCUT2D eigenvalue weighted by molar-refractivity contribution is 5.85. The first-order chi connectivity index (χ1) is 8.66. The highest BCUT2D eigenvalue weighted by Crippen LogP contribution is 2.47. The zero-order valence-corrected chi connectivity index (χ0v) is 12.1. The fraction of sp³-hybridized carbons (Fsp3) is 0.857. The molecule has 1 N–H and O–H groups in total. The van der Waals surface area contributed by atoms with Gasteiger partial charge < -0.3 is 9.84 Å². The molecular weight excluding hydrogens is 246 g/mol. The van der Waals surface area contributed by atoms with Gasteiger partial charge in [0.1, 0.15) is 11.1 Å². The molecule has 1 unspecified atom stereocenters.